The van der Waals surface area contributed by atoms with Crippen molar-refractivity contribution in [3.8, 4) is 11.5 Å². The Kier molecular flexibility index (Phi) is 5.03. The lowest BCUT2D eigenvalue weighted by molar-refractivity contribution is 0.102. The average molecular weight is 390 g/mol. The molecular weight excluding hydrogens is 368 g/mol. The van der Waals surface area contributed by atoms with E-state index < -0.39 is 0 Å². The van der Waals surface area contributed by atoms with Crippen molar-refractivity contribution in [3.63, 3.8) is 0 Å². The van der Waals surface area contributed by atoms with Crippen LogP contribution in [0.15, 0.2) is 48.5 Å². The Labute approximate surface area is 169 Å². The molecule has 3 aromatic rings. The monoisotopic (exact) mass is 390 g/mol. The second kappa shape index (κ2) is 7.79. The van der Waals surface area contributed by atoms with Crippen LogP contribution in [0.4, 0.5) is 17.3 Å². The summed E-state index contributed by atoms with van der Waals surface area (Å²) in [4.78, 5) is 21.4. The Hall–Kier alpha value is -3.61. The molecule has 2 aromatic carbocycles. The summed E-state index contributed by atoms with van der Waals surface area (Å²) in [6.07, 6.45) is 0. The zero-order valence-electron chi connectivity index (χ0n) is 16.5. The van der Waals surface area contributed by atoms with Gasteiger partial charge in [-0.3, -0.25) is 4.79 Å². The topological polar surface area (TPSA) is 85.4 Å². The van der Waals surface area contributed by atoms with Crippen LogP contribution in [0.3, 0.4) is 0 Å². The molecule has 0 bridgehead atoms. The number of benzene rings is 2. The van der Waals surface area contributed by atoms with Crippen LogP contribution in [0.25, 0.3) is 0 Å². The zero-order valence-corrected chi connectivity index (χ0v) is 16.5. The Morgan fingerprint density at radius 3 is 2.45 bits per heavy atom. The van der Waals surface area contributed by atoms with Crippen molar-refractivity contribution in [3.05, 3.63) is 65.5 Å². The molecule has 0 unspecified atom stereocenters. The molecule has 29 heavy (non-hydrogen) atoms. The average Bonchev–Trinajstić information content (AvgIpc) is 3.16. The number of amides is 1. The minimum absolute atomic E-state index is 0.211. The van der Waals surface area contributed by atoms with Gasteiger partial charge in [-0.15, -0.1) is 0 Å². The third-order valence-corrected chi connectivity index (χ3v) is 4.55. The number of carbonyl (C=O) groups is 1. The fourth-order valence-corrected chi connectivity index (χ4v) is 2.99. The molecule has 0 saturated heterocycles. The third-order valence-electron chi connectivity index (χ3n) is 4.55. The van der Waals surface area contributed by atoms with Crippen molar-refractivity contribution in [2.24, 2.45) is 0 Å². The van der Waals surface area contributed by atoms with E-state index in [9.17, 15) is 4.79 Å². The van der Waals surface area contributed by atoms with Crippen molar-refractivity contribution in [2.75, 3.05) is 17.4 Å². The number of ether oxygens (including phenoxy) is 2. The van der Waals surface area contributed by atoms with Crippen molar-refractivity contribution < 1.29 is 14.3 Å². The molecule has 7 heteroatoms. The number of fused-ring (bicyclic) bond motifs is 1. The summed E-state index contributed by atoms with van der Waals surface area (Å²) >= 11 is 0. The molecule has 0 aliphatic carbocycles. The molecule has 4 rings (SSSR count). The van der Waals surface area contributed by atoms with Crippen molar-refractivity contribution >= 4 is 23.2 Å². The molecule has 0 fully saturated rings. The Morgan fingerprint density at radius 2 is 1.69 bits per heavy atom. The van der Waals surface area contributed by atoms with Gasteiger partial charge in [0.25, 0.3) is 5.91 Å². The lowest BCUT2D eigenvalue weighted by Gasteiger charge is -2.10. The van der Waals surface area contributed by atoms with E-state index in [-0.39, 0.29) is 18.4 Å². The second-order valence-corrected chi connectivity index (χ2v) is 7.14. The first kappa shape index (κ1) is 18.7. The summed E-state index contributed by atoms with van der Waals surface area (Å²) in [5.74, 6) is 1.84. The molecule has 0 saturated carbocycles. The molecule has 1 aliphatic rings. The number of nitrogens with one attached hydrogen (secondary N) is 2. The fourth-order valence-electron chi connectivity index (χ4n) is 2.99. The number of rotatable bonds is 5. The van der Waals surface area contributed by atoms with Gasteiger partial charge in [0.1, 0.15) is 5.69 Å². The number of anilines is 3. The number of carbonyl (C=O) groups excluding carboxylic acids is 1. The molecule has 1 aliphatic heterocycles. The highest BCUT2D eigenvalue weighted by molar-refractivity contribution is 6.03. The Morgan fingerprint density at radius 1 is 0.966 bits per heavy atom. The minimum atomic E-state index is -0.290. The summed E-state index contributed by atoms with van der Waals surface area (Å²) < 4.78 is 10.7. The first-order valence-corrected chi connectivity index (χ1v) is 9.41. The van der Waals surface area contributed by atoms with Crippen LogP contribution in [0.1, 0.15) is 41.5 Å². The van der Waals surface area contributed by atoms with E-state index in [1.54, 1.807) is 6.07 Å². The van der Waals surface area contributed by atoms with Crippen molar-refractivity contribution in [1.29, 1.82) is 0 Å². The van der Waals surface area contributed by atoms with Crippen LogP contribution in [-0.2, 0) is 0 Å². The number of aromatic nitrogens is 2. The molecule has 0 spiro atoms. The SMILES string of the molecule is Cc1cc(C(=O)Nc2ccc(C(C)C)cc2)nc(Nc2ccc3c(c2)OCO3)n1. The minimum Gasteiger partial charge on any atom is -0.454 e. The van der Waals surface area contributed by atoms with Crippen LogP contribution in [-0.4, -0.2) is 22.7 Å². The number of hydrogen-bond donors (Lipinski definition) is 2. The third kappa shape index (κ3) is 4.29. The Balaban J connectivity index is 1.50. The first-order valence-electron chi connectivity index (χ1n) is 9.41. The van der Waals surface area contributed by atoms with E-state index in [0.29, 0.717) is 29.1 Å². The highest BCUT2D eigenvalue weighted by atomic mass is 16.7. The van der Waals surface area contributed by atoms with Crippen molar-refractivity contribution in [1.82, 2.24) is 9.97 Å². The summed E-state index contributed by atoms with van der Waals surface area (Å²) in [5.41, 5.74) is 3.66. The van der Waals surface area contributed by atoms with Gasteiger partial charge in [0.2, 0.25) is 12.7 Å². The van der Waals surface area contributed by atoms with Gasteiger partial charge in [-0.1, -0.05) is 26.0 Å². The van der Waals surface area contributed by atoms with Crippen LogP contribution in [0.2, 0.25) is 0 Å². The van der Waals surface area contributed by atoms with E-state index in [2.05, 4.69) is 34.4 Å². The lowest BCUT2D eigenvalue weighted by atomic mass is 10.0. The highest BCUT2D eigenvalue weighted by Crippen LogP contribution is 2.34. The Bertz CT molecular complexity index is 1050. The highest BCUT2D eigenvalue weighted by Gasteiger charge is 2.15. The maximum Gasteiger partial charge on any atom is 0.274 e. The molecule has 0 atom stereocenters. The van der Waals surface area contributed by atoms with Gasteiger partial charge in [0, 0.05) is 23.1 Å². The van der Waals surface area contributed by atoms with E-state index in [1.165, 1.54) is 5.56 Å². The zero-order chi connectivity index (χ0) is 20.4. The van der Waals surface area contributed by atoms with Crippen LogP contribution in [0, 0.1) is 6.92 Å². The van der Waals surface area contributed by atoms with E-state index in [1.807, 2.05) is 49.4 Å². The number of hydrogen-bond acceptors (Lipinski definition) is 6. The normalized spacial score (nSPS) is 12.1. The van der Waals surface area contributed by atoms with Gasteiger partial charge in [-0.05, 0) is 48.7 Å². The molecule has 1 aromatic heterocycles. The smallest absolute Gasteiger partial charge is 0.274 e. The maximum absolute atomic E-state index is 12.7. The van der Waals surface area contributed by atoms with Crippen LogP contribution < -0.4 is 20.1 Å². The number of nitrogens with zero attached hydrogens (tertiary/aromatic N) is 2. The largest absolute Gasteiger partial charge is 0.454 e. The molecule has 2 heterocycles. The summed E-state index contributed by atoms with van der Waals surface area (Å²) in [6, 6.07) is 14.9. The van der Waals surface area contributed by atoms with Gasteiger partial charge in [0.15, 0.2) is 11.5 Å². The molecule has 148 valence electrons. The maximum atomic E-state index is 12.7. The van der Waals surface area contributed by atoms with E-state index in [0.717, 1.165) is 11.4 Å². The van der Waals surface area contributed by atoms with Gasteiger partial charge in [-0.25, -0.2) is 9.97 Å². The van der Waals surface area contributed by atoms with Gasteiger partial charge >= 0.3 is 0 Å². The summed E-state index contributed by atoms with van der Waals surface area (Å²) in [6.45, 7) is 6.29. The van der Waals surface area contributed by atoms with E-state index in [4.69, 9.17) is 9.47 Å². The summed E-state index contributed by atoms with van der Waals surface area (Å²) in [7, 11) is 0. The van der Waals surface area contributed by atoms with E-state index >= 15 is 0 Å². The predicted molar refractivity (Wildman–Crippen MR) is 111 cm³/mol. The quantitative estimate of drug-likeness (QED) is 0.660. The molecule has 1 amide bonds. The number of aryl methyl sites for hydroxylation is 1. The molecule has 2 N–H and O–H groups in total. The first-order chi connectivity index (χ1) is 14.0. The fraction of sp³-hybridized carbons (Fsp3) is 0.227. The molecule has 7 nitrogen and oxygen atoms in total. The van der Waals surface area contributed by atoms with Gasteiger partial charge in [0.05, 0.1) is 0 Å². The van der Waals surface area contributed by atoms with Crippen LogP contribution in [0.5, 0.6) is 11.5 Å². The molecule has 0 radical (unpaired) electrons. The van der Waals surface area contributed by atoms with Gasteiger partial charge in [-0.2, -0.15) is 0 Å². The molecular formula is C22H22N4O3. The predicted octanol–water partition coefficient (Wildman–Crippen LogP) is 4.63. The van der Waals surface area contributed by atoms with Gasteiger partial charge < -0.3 is 20.1 Å². The second-order valence-electron chi connectivity index (χ2n) is 7.14. The standard InChI is InChI=1S/C22H22N4O3/c1-13(2)15-4-6-16(7-5-15)24-21(27)18-10-14(3)23-22(26-18)25-17-8-9-19-20(11-17)29-12-28-19/h4-11,13H,12H2,1-3H3,(H,24,27)(H,23,25,26). The summed E-state index contributed by atoms with van der Waals surface area (Å²) in [5, 5.41) is 6.00. The lowest BCUT2D eigenvalue weighted by Crippen LogP contribution is -2.15. The van der Waals surface area contributed by atoms with Crippen LogP contribution >= 0.6 is 0 Å². The van der Waals surface area contributed by atoms with Crippen molar-refractivity contribution in [2.45, 2.75) is 26.7 Å².